The van der Waals surface area contributed by atoms with Crippen LogP contribution in [0, 0.1) is 0 Å². The third-order valence-corrected chi connectivity index (χ3v) is 6.56. The first kappa shape index (κ1) is 18.9. The van der Waals surface area contributed by atoms with Crippen LogP contribution < -0.4 is 5.32 Å². The number of carbonyl (C=O) groups excluding carboxylic acids is 1. The summed E-state index contributed by atoms with van der Waals surface area (Å²) in [6, 6.07) is -1.04. The van der Waals surface area contributed by atoms with Crippen LogP contribution in [0.15, 0.2) is 0 Å². The lowest BCUT2D eigenvalue weighted by atomic mass is 10.1. The summed E-state index contributed by atoms with van der Waals surface area (Å²) in [6.07, 6.45) is 2.49. The van der Waals surface area contributed by atoms with Crippen molar-refractivity contribution in [1.82, 2.24) is 5.32 Å². The largest absolute Gasteiger partial charge is 0.480 e. The van der Waals surface area contributed by atoms with Crippen LogP contribution in [0.5, 0.6) is 0 Å². The van der Waals surface area contributed by atoms with Gasteiger partial charge in [0.2, 0.25) is 5.91 Å². The van der Waals surface area contributed by atoms with Crippen LogP contribution in [0.3, 0.4) is 0 Å². The first-order valence-corrected chi connectivity index (χ1v) is 9.25. The van der Waals surface area contributed by atoms with Crippen molar-refractivity contribution in [2.45, 2.75) is 62.5 Å². The van der Waals surface area contributed by atoms with E-state index in [1.165, 1.54) is 6.92 Å². The zero-order valence-electron chi connectivity index (χ0n) is 13.1. The number of rotatable bonds is 8. The van der Waals surface area contributed by atoms with Gasteiger partial charge in [0.05, 0.1) is 5.25 Å². The van der Waals surface area contributed by atoms with Crippen molar-refractivity contribution in [3.8, 4) is 0 Å². The SMILES string of the molecule is CCCCC(NC(=O)C(C)S(=O)(=O)C1CCOCC1)C(=O)O. The Morgan fingerprint density at radius 2 is 1.91 bits per heavy atom. The Balaban J connectivity index is 2.71. The van der Waals surface area contributed by atoms with E-state index in [0.717, 1.165) is 6.42 Å². The first-order chi connectivity index (χ1) is 10.3. The van der Waals surface area contributed by atoms with Crippen LogP contribution in [0.25, 0.3) is 0 Å². The molecule has 0 radical (unpaired) electrons. The van der Waals surface area contributed by atoms with E-state index in [0.29, 0.717) is 38.9 Å². The number of carbonyl (C=O) groups is 2. The van der Waals surface area contributed by atoms with E-state index < -0.39 is 38.3 Å². The molecule has 0 saturated carbocycles. The number of ether oxygens (including phenoxy) is 1. The third kappa shape index (κ3) is 4.95. The molecule has 1 aliphatic rings. The van der Waals surface area contributed by atoms with Gasteiger partial charge in [-0.05, 0) is 26.2 Å². The summed E-state index contributed by atoms with van der Waals surface area (Å²) in [5.74, 6) is -1.88. The van der Waals surface area contributed by atoms with E-state index in [9.17, 15) is 18.0 Å². The molecule has 22 heavy (non-hydrogen) atoms. The summed E-state index contributed by atoms with van der Waals surface area (Å²) >= 11 is 0. The van der Waals surface area contributed by atoms with Gasteiger partial charge in [-0.1, -0.05) is 19.8 Å². The van der Waals surface area contributed by atoms with Crippen LogP contribution in [0.1, 0.15) is 46.0 Å². The minimum absolute atomic E-state index is 0.293. The second-order valence-electron chi connectivity index (χ2n) is 5.58. The number of sulfone groups is 1. The summed E-state index contributed by atoms with van der Waals surface area (Å²) in [7, 11) is -3.64. The predicted octanol–water partition coefficient (Wildman–Crippen LogP) is 0.728. The number of hydrogen-bond donors (Lipinski definition) is 2. The molecule has 1 aliphatic heterocycles. The smallest absolute Gasteiger partial charge is 0.326 e. The molecule has 0 aromatic heterocycles. The number of unbranched alkanes of at least 4 members (excludes halogenated alkanes) is 1. The van der Waals surface area contributed by atoms with E-state index in [4.69, 9.17) is 9.84 Å². The molecule has 0 aliphatic carbocycles. The monoisotopic (exact) mass is 335 g/mol. The molecule has 2 unspecified atom stereocenters. The van der Waals surface area contributed by atoms with Gasteiger partial charge in [0.25, 0.3) is 0 Å². The van der Waals surface area contributed by atoms with Gasteiger partial charge in [-0.3, -0.25) is 4.79 Å². The molecule has 8 heteroatoms. The molecule has 128 valence electrons. The fourth-order valence-corrected chi connectivity index (χ4v) is 4.19. The van der Waals surface area contributed by atoms with Gasteiger partial charge in [0, 0.05) is 13.2 Å². The fraction of sp³-hybridized carbons (Fsp3) is 0.857. The maximum atomic E-state index is 12.4. The second kappa shape index (κ2) is 8.47. The molecule has 1 heterocycles. The summed E-state index contributed by atoms with van der Waals surface area (Å²) in [6.45, 7) is 3.97. The Bertz CT molecular complexity index is 484. The van der Waals surface area contributed by atoms with Gasteiger partial charge in [-0.15, -0.1) is 0 Å². The van der Waals surface area contributed by atoms with Crippen LogP contribution in [-0.4, -0.2) is 55.2 Å². The van der Waals surface area contributed by atoms with Crippen molar-refractivity contribution in [3.05, 3.63) is 0 Å². The van der Waals surface area contributed by atoms with Crippen molar-refractivity contribution in [2.75, 3.05) is 13.2 Å². The first-order valence-electron chi connectivity index (χ1n) is 7.64. The fourth-order valence-electron chi connectivity index (χ4n) is 2.40. The lowest BCUT2D eigenvalue weighted by molar-refractivity contribution is -0.141. The van der Waals surface area contributed by atoms with E-state index >= 15 is 0 Å². The zero-order valence-corrected chi connectivity index (χ0v) is 13.9. The summed E-state index contributed by atoms with van der Waals surface area (Å²) in [4.78, 5) is 23.3. The minimum Gasteiger partial charge on any atom is -0.480 e. The van der Waals surface area contributed by atoms with Crippen LogP contribution in [0.4, 0.5) is 0 Å². The summed E-state index contributed by atoms with van der Waals surface area (Å²) in [5, 5.41) is 9.60. The van der Waals surface area contributed by atoms with Crippen molar-refractivity contribution < 1.29 is 27.9 Å². The highest BCUT2D eigenvalue weighted by Gasteiger charge is 2.37. The molecule has 1 amide bonds. The molecule has 0 spiro atoms. The number of carboxylic acids is 1. The average molecular weight is 335 g/mol. The second-order valence-corrected chi connectivity index (χ2v) is 8.14. The maximum Gasteiger partial charge on any atom is 0.326 e. The van der Waals surface area contributed by atoms with Crippen LogP contribution in [0.2, 0.25) is 0 Å². The number of carboxylic acid groups (broad SMARTS) is 1. The zero-order chi connectivity index (χ0) is 16.8. The molecular formula is C14H25NO6S. The van der Waals surface area contributed by atoms with Crippen molar-refractivity contribution in [2.24, 2.45) is 0 Å². The molecule has 2 atom stereocenters. The number of hydrogen-bond acceptors (Lipinski definition) is 5. The summed E-state index contributed by atoms with van der Waals surface area (Å²) < 4.78 is 30.0. The molecule has 7 nitrogen and oxygen atoms in total. The van der Waals surface area contributed by atoms with Crippen molar-refractivity contribution in [3.63, 3.8) is 0 Å². The van der Waals surface area contributed by atoms with Crippen LogP contribution >= 0.6 is 0 Å². The molecule has 1 fully saturated rings. The van der Waals surface area contributed by atoms with Gasteiger partial charge in [0.15, 0.2) is 9.84 Å². The molecule has 0 aromatic carbocycles. The highest BCUT2D eigenvalue weighted by Crippen LogP contribution is 2.20. The third-order valence-electron chi connectivity index (χ3n) is 3.96. The van der Waals surface area contributed by atoms with E-state index in [1.54, 1.807) is 0 Å². The molecule has 1 rings (SSSR count). The Morgan fingerprint density at radius 1 is 1.32 bits per heavy atom. The average Bonchev–Trinajstić information content (AvgIpc) is 2.50. The van der Waals surface area contributed by atoms with Crippen molar-refractivity contribution in [1.29, 1.82) is 0 Å². The van der Waals surface area contributed by atoms with Gasteiger partial charge in [0.1, 0.15) is 11.3 Å². The van der Waals surface area contributed by atoms with Crippen molar-refractivity contribution >= 4 is 21.7 Å². The lowest BCUT2D eigenvalue weighted by Gasteiger charge is -2.25. The predicted molar refractivity (Wildman–Crippen MR) is 81.3 cm³/mol. The Morgan fingerprint density at radius 3 is 2.41 bits per heavy atom. The molecule has 0 aromatic rings. The molecular weight excluding hydrogens is 310 g/mol. The lowest BCUT2D eigenvalue weighted by Crippen LogP contribution is -2.49. The standard InChI is InChI=1S/C14H25NO6S/c1-3-4-5-12(14(17)18)15-13(16)10(2)22(19,20)11-6-8-21-9-7-11/h10-12H,3-9H2,1-2H3,(H,15,16)(H,17,18). The highest BCUT2D eigenvalue weighted by atomic mass is 32.2. The number of aliphatic carboxylic acids is 1. The molecule has 1 saturated heterocycles. The van der Waals surface area contributed by atoms with Gasteiger partial charge in [-0.2, -0.15) is 0 Å². The van der Waals surface area contributed by atoms with Gasteiger partial charge < -0.3 is 15.2 Å². The highest BCUT2D eigenvalue weighted by molar-refractivity contribution is 7.93. The van der Waals surface area contributed by atoms with Gasteiger partial charge in [-0.25, -0.2) is 13.2 Å². The van der Waals surface area contributed by atoms with E-state index in [2.05, 4.69) is 5.32 Å². The quantitative estimate of drug-likeness (QED) is 0.676. The van der Waals surface area contributed by atoms with Gasteiger partial charge >= 0.3 is 5.97 Å². The Kier molecular flexibility index (Phi) is 7.28. The topological polar surface area (TPSA) is 110 Å². The minimum atomic E-state index is -3.64. The van der Waals surface area contributed by atoms with E-state index in [-0.39, 0.29) is 0 Å². The molecule has 0 bridgehead atoms. The number of nitrogens with one attached hydrogen (secondary N) is 1. The van der Waals surface area contributed by atoms with Crippen LogP contribution in [-0.2, 0) is 24.2 Å². The summed E-state index contributed by atoms with van der Waals surface area (Å²) in [5.41, 5.74) is 0. The molecule has 2 N–H and O–H groups in total. The number of amides is 1. The van der Waals surface area contributed by atoms with E-state index in [1.807, 2.05) is 6.92 Å². The Labute approximate surface area is 131 Å². The maximum absolute atomic E-state index is 12.4. The Hall–Kier alpha value is -1.15. The normalized spacial score (nSPS) is 19.4.